The third-order valence-electron chi connectivity index (χ3n) is 5.64. The SMILES string of the molecule is CCCCCn1cc2c3c(cccc31)C1=CC(C)CN(C)[C@@H]1C2. The topological polar surface area (TPSA) is 8.17 Å². The Hall–Kier alpha value is -1.54. The van der Waals surface area contributed by atoms with Gasteiger partial charge in [0.15, 0.2) is 0 Å². The van der Waals surface area contributed by atoms with Gasteiger partial charge in [0, 0.05) is 36.2 Å². The summed E-state index contributed by atoms with van der Waals surface area (Å²) in [7, 11) is 2.29. The number of unbranched alkanes of at least 4 members (excludes halogenated alkanes) is 2. The van der Waals surface area contributed by atoms with E-state index in [2.05, 4.69) is 60.8 Å². The second-order valence-corrected chi connectivity index (χ2v) is 7.51. The van der Waals surface area contributed by atoms with Crippen LogP contribution in [0, 0.1) is 5.92 Å². The van der Waals surface area contributed by atoms with Gasteiger partial charge in [0.1, 0.15) is 0 Å². The van der Waals surface area contributed by atoms with Gasteiger partial charge in [-0.2, -0.15) is 0 Å². The van der Waals surface area contributed by atoms with Crippen LogP contribution in [-0.2, 0) is 13.0 Å². The van der Waals surface area contributed by atoms with E-state index in [1.54, 1.807) is 11.1 Å². The van der Waals surface area contributed by atoms with Crippen LogP contribution in [0.15, 0.2) is 30.5 Å². The number of nitrogens with zero attached hydrogens (tertiary/aromatic N) is 2. The highest BCUT2D eigenvalue weighted by atomic mass is 15.1. The molecule has 2 nitrogen and oxygen atoms in total. The van der Waals surface area contributed by atoms with Crippen LogP contribution in [0.1, 0.15) is 44.2 Å². The van der Waals surface area contributed by atoms with Gasteiger partial charge in [0.25, 0.3) is 0 Å². The minimum absolute atomic E-state index is 0.566. The fraction of sp³-hybridized carbons (Fsp3) is 0.524. The molecule has 1 unspecified atom stereocenters. The summed E-state index contributed by atoms with van der Waals surface area (Å²) in [6, 6.07) is 7.47. The van der Waals surface area contributed by atoms with Crippen LogP contribution in [0.25, 0.3) is 16.5 Å². The molecule has 0 fully saturated rings. The summed E-state index contributed by atoms with van der Waals surface area (Å²) < 4.78 is 2.51. The molecule has 0 saturated carbocycles. The van der Waals surface area contributed by atoms with E-state index in [0.29, 0.717) is 12.0 Å². The predicted octanol–water partition coefficient (Wildman–Crippen LogP) is 4.72. The van der Waals surface area contributed by atoms with Gasteiger partial charge >= 0.3 is 0 Å². The lowest BCUT2D eigenvalue weighted by Gasteiger charge is -2.39. The summed E-state index contributed by atoms with van der Waals surface area (Å²) in [6.45, 7) is 6.95. The molecule has 23 heavy (non-hydrogen) atoms. The van der Waals surface area contributed by atoms with Crippen molar-refractivity contribution in [2.75, 3.05) is 13.6 Å². The Labute approximate surface area is 139 Å². The van der Waals surface area contributed by atoms with Gasteiger partial charge in [-0.15, -0.1) is 0 Å². The highest BCUT2D eigenvalue weighted by molar-refractivity contribution is 5.98. The summed E-state index contributed by atoms with van der Waals surface area (Å²) in [5.41, 5.74) is 6.04. The van der Waals surface area contributed by atoms with Crippen molar-refractivity contribution in [3.63, 3.8) is 0 Å². The fourth-order valence-electron chi connectivity index (χ4n) is 4.58. The maximum atomic E-state index is 2.55. The first kappa shape index (κ1) is 15.0. The first-order valence-electron chi connectivity index (χ1n) is 9.22. The standard InChI is InChI=1S/C21H28N2/c1-4-5-6-10-23-14-16-12-20-18(11-15(2)13-22(20)3)17-8-7-9-19(23)21(16)17/h7-9,11,14-15,20H,4-6,10,12-13H2,1-3H3/t15?,20-/m1/s1. The molecule has 2 heterocycles. The van der Waals surface area contributed by atoms with Crippen LogP contribution < -0.4 is 0 Å². The summed E-state index contributed by atoms with van der Waals surface area (Å²) >= 11 is 0. The van der Waals surface area contributed by atoms with Crippen molar-refractivity contribution >= 4 is 16.5 Å². The number of hydrogen-bond acceptors (Lipinski definition) is 1. The van der Waals surface area contributed by atoms with E-state index in [-0.39, 0.29) is 0 Å². The molecule has 0 spiro atoms. The molecule has 0 bridgehead atoms. The second kappa shape index (κ2) is 5.83. The first-order chi connectivity index (χ1) is 11.2. The van der Waals surface area contributed by atoms with E-state index >= 15 is 0 Å². The Kier molecular flexibility index (Phi) is 3.81. The monoisotopic (exact) mass is 308 g/mol. The minimum Gasteiger partial charge on any atom is -0.347 e. The Morgan fingerprint density at radius 1 is 1.22 bits per heavy atom. The van der Waals surface area contributed by atoms with E-state index in [1.165, 1.54) is 48.7 Å². The summed E-state index contributed by atoms with van der Waals surface area (Å²) in [6.07, 6.45) is 10.0. The highest BCUT2D eigenvalue weighted by Gasteiger charge is 2.32. The van der Waals surface area contributed by atoms with Gasteiger partial charge in [-0.3, -0.25) is 4.90 Å². The zero-order chi connectivity index (χ0) is 16.0. The average molecular weight is 308 g/mol. The van der Waals surface area contributed by atoms with E-state index < -0.39 is 0 Å². The number of aryl methyl sites for hydroxylation is 1. The Morgan fingerprint density at radius 3 is 2.91 bits per heavy atom. The lowest BCUT2D eigenvalue weighted by molar-refractivity contribution is 0.252. The molecule has 0 amide bonds. The number of benzene rings is 1. The Bertz CT molecular complexity index is 753. The van der Waals surface area contributed by atoms with Crippen molar-refractivity contribution in [1.82, 2.24) is 9.47 Å². The molecule has 122 valence electrons. The number of hydrogen-bond donors (Lipinski definition) is 0. The van der Waals surface area contributed by atoms with E-state index in [0.717, 1.165) is 6.54 Å². The summed E-state index contributed by atoms with van der Waals surface area (Å²) in [4.78, 5) is 2.55. The lowest BCUT2D eigenvalue weighted by Crippen LogP contribution is -2.41. The quantitative estimate of drug-likeness (QED) is 0.742. The number of rotatable bonds is 4. The molecule has 1 aromatic carbocycles. The average Bonchev–Trinajstić information content (AvgIpc) is 2.88. The van der Waals surface area contributed by atoms with Crippen LogP contribution in [0.2, 0.25) is 0 Å². The third kappa shape index (κ3) is 2.44. The van der Waals surface area contributed by atoms with Crippen molar-refractivity contribution < 1.29 is 0 Å². The van der Waals surface area contributed by atoms with Crippen molar-refractivity contribution in [3.8, 4) is 0 Å². The van der Waals surface area contributed by atoms with Gasteiger partial charge in [0.2, 0.25) is 0 Å². The Morgan fingerprint density at radius 2 is 2.09 bits per heavy atom. The predicted molar refractivity (Wildman–Crippen MR) is 98.7 cm³/mol. The van der Waals surface area contributed by atoms with Gasteiger partial charge in [-0.25, -0.2) is 0 Å². The molecule has 2 aromatic rings. The Balaban J connectivity index is 1.81. The molecule has 1 aliphatic carbocycles. The smallest absolute Gasteiger partial charge is 0.0489 e. The van der Waals surface area contributed by atoms with E-state index in [1.807, 2.05) is 0 Å². The lowest BCUT2D eigenvalue weighted by atomic mass is 9.80. The molecule has 2 atom stereocenters. The van der Waals surface area contributed by atoms with Gasteiger partial charge < -0.3 is 4.57 Å². The van der Waals surface area contributed by atoms with Crippen LogP contribution in [0.3, 0.4) is 0 Å². The number of likely N-dealkylation sites (N-methyl/N-ethyl adjacent to an activating group) is 1. The molecule has 0 radical (unpaired) electrons. The third-order valence-corrected chi connectivity index (χ3v) is 5.64. The van der Waals surface area contributed by atoms with Gasteiger partial charge in [-0.05, 0) is 48.6 Å². The zero-order valence-electron chi connectivity index (χ0n) is 14.7. The molecular weight excluding hydrogens is 280 g/mol. The van der Waals surface area contributed by atoms with Crippen LogP contribution in [-0.4, -0.2) is 29.1 Å². The minimum atomic E-state index is 0.566. The first-order valence-corrected chi connectivity index (χ1v) is 9.22. The van der Waals surface area contributed by atoms with Crippen molar-refractivity contribution in [2.45, 2.75) is 52.1 Å². The molecule has 4 rings (SSSR count). The van der Waals surface area contributed by atoms with Crippen molar-refractivity contribution in [1.29, 1.82) is 0 Å². The fourth-order valence-corrected chi connectivity index (χ4v) is 4.58. The molecule has 0 N–H and O–H groups in total. The summed E-state index contributed by atoms with van der Waals surface area (Å²) in [5, 5.41) is 1.52. The molecule has 2 heteroatoms. The maximum Gasteiger partial charge on any atom is 0.0489 e. The number of fused-ring (bicyclic) bond motifs is 2. The second-order valence-electron chi connectivity index (χ2n) is 7.51. The molecule has 1 aliphatic heterocycles. The maximum absolute atomic E-state index is 2.55. The molecule has 2 aliphatic rings. The van der Waals surface area contributed by atoms with E-state index in [4.69, 9.17) is 0 Å². The molecular formula is C21H28N2. The van der Waals surface area contributed by atoms with Crippen molar-refractivity contribution in [3.05, 3.63) is 41.6 Å². The largest absolute Gasteiger partial charge is 0.347 e. The zero-order valence-corrected chi connectivity index (χ0v) is 14.7. The highest BCUT2D eigenvalue weighted by Crippen LogP contribution is 2.41. The molecule has 0 saturated heterocycles. The summed E-state index contributed by atoms with van der Waals surface area (Å²) in [5.74, 6) is 0.648. The number of aromatic nitrogens is 1. The van der Waals surface area contributed by atoms with Crippen LogP contribution in [0.5, 0.6) is 0 Å². The van der Waals surface area contributed by atoms with Gasteiger partial charge in [0.05, 0.1) is 0 Å². The van der Waals surface area contributed by atoms with Crippen LogP contribution >= 0.6 is 0 Å². The van der Waals surface area contributed by atoms with Gasteiger partial charge in [-0.1, -0.05) is 44.9 Å². The molecule has 1 aromatic heterocycles. The van der Waals surface area contributed by atoms with Crippen LogP contribution in [0.4, 0.5) is 0 Å². The van der Waals surface area contributed by atoms with Crippen molar-refractivity contribution in [2.24, 2.45) is 5.92 Å². The van der Waals surface area contributed by atoms with E-state index in [9.17, 15) is 0 Å². The normalized spacial score (nSPS) is 23.9.